The molecule has 30 heavy (non-hydrogen) atoms. The van der Waals surface area contributed by atoms with E-state index in [9.17, 15) is 18.4 Å². The van der Waals surface area contributed by atoms with Gasteiger partial charge >= 0.3 is 6.18 Å². The molecule has 0 bridgehead atoms. The number of aromatic nitrogens is 1. The van der Waals surface area contributed by atoms with Gasteiger partial charge in [-0.3, -0.25) is 5.21 Å². The molecule has 6 nitrogen and oxygen atoms in total. The van der Waals surface area contributed by atoms with Crippen LogP contribution in [0.15, 0.2) is 47.6 Å². The van der Waals surface area contributed by atoms with Gasteiger partial charge in [0.2, 0.25) is 5.96 Å². The maximum absolute atomic E-state index is 13.3. The fraction of sp³-hybridized carbons (Fsp3) is 0.429. The van der Waals surface area contributed by atoms with Crippen LogP contribution in [0.5, 0.6) is 0 Å². The number of aliphatic imine (C=N–C) groups is 1. The second kappa shape index (κ2) is 9.34. The van der Waals surface area contributed by atoms with Crippen molar-refractivity contribution in [2.75, 3.05) is 31.1 Å². The van der Waals surface area contributed by atoms with Gasteiger partial charge in [0.1, 0.15) is 5.82 Å². The van der Waals surface area contributed by atoms with Crippen molar-refractivity contribution in [1.29, 1.82) is 0 Å². The molecule has 1 aromatic heterocycles. The van der Waals surface area contributed by atoms with Crippen molar-refractivity contribution in [1.82, 2.24) is 15.4 Å². The van der Waals surface area contributed by atoms with Crippen molar-refractivity contribution in [2.45, 2.75) is 26.4 Å². The first kappa shape index (κ1) is 21.9. The van der Waals surface area contributed by atoms with E-state index < -0.39 is 11.7 Å². The summed E-state index contributed by atoms with van der Waals surface area (Å²) in [5.74, 6) is 0.756. The first-order chi connectivity index (χ1) is 14.3. The van der Waals surface area contributed by atoms with Gasteiger partial charge in [-0.15, -0.1) is 0 Å². The molecule has 0 aliphatic carbocycles. The predicted octanol–water partition coefficient (Wildman–Crippen LogP) is 4.09. The highest BCUT2D eigenvalue weighted by Crippen LogP contribution is 2.35. The summed E-state index contributed by atoms with van der Waals surface area (Å²) < 4.78 is 39.8. The van der Waals surface area contributed by atoms with Crippen LogP contribution < -0.4 is 10.4 Å². The summed E-state index contributed by atoms with van der Waals surface area (Å²) in [6, 6.07) is 10.1. The number of guanidine groups is 1. The Morgan fingerprint density at radius 2 is 1.80 bits per heavy atom. The number of piperazine rings is 1. The SMILES string of the molecule is CC(C)Cc1ccc(N=C(NO)N2CCN(c3ncccc3C(F)(F)F)CC2)cc1. The van der Waals surface area contributed by atoms with Gasteiger partial charge in [-0.1, -0.05) is 26.0 Å². The number of hydrogen-bond acceptors (Lipinski definition) is 4. The van der Waals surface area contributed by atoms with Crippen molar-refractivity contribution < 1.29 is 18.4 Å². The zero-order chi connectivity index (χ0) is 21.7. The lowest BCUT2D eigenvalue weighted by Crippen LogP contribution is -2.52. The molecule has 3 rings (SSSR count). The lowest BCUT2D eigenvalue weighted by atomic mass is 10.0. The van der Waals surface area contributed by atoms with Gasteiger partial charge in [0, 0.05) is 32.4 Å². The summed E-state index contributed by atoms with van der Waals surface area (Å²) in [6.45, 7) is 5.75. The highest BCUT2D eigenvalue weighted by molar-refractivity contribution is 5.82. The minimum atomic E-state index is -4.46. The van der Waals surface area contributed by atoms with E-state index in [1.807, 2.05) is 24.3 Å². The number of rotatable bonds is 4. The van der Waals surface area contributed by atoms with Gasteiger partial charge in [-0.25, -0.2) is 15.5 Å². The molecule has 2 heterocycles. The quantitative estimate of drug-likeness (QED) is 0.442. The maximum Gasteiger partial charge on any atom is 0.419 e. The summed E-state index contributed by atoms with van der Waals surface area (Å²) in [5.41, 5.74) is 3.28. The second-order valence-corrected chi connectivity index (χ2v) is 7.66. The molecule has 0 radical (unpaired) electrons. The molecule has 0 spiro atoms. The normalized spacial score (nSPS) is 15.6. The van der Waals surface area contributed by atoms with Crippen molar-refractivity contribution in [3.63, 3.8) is 0 Å². The molecule has 1 saturated heterocycles. The van der Waals surface area contributed by atoms with Crippen LogP contribution in [0.4, 0.5) is 24.7 Å². The van der Waals surface area contributed by atoms with E-state index in [2.05, 4.69) is 29.3 Å². The molecule has 0 unspecified atom stereocenters. The molecule has 9 heteroatoms. The first-order valence-corrected chi connectivity index (χ1v) is 9.87. The molecule has 2 N–H and O–H groups in total. The highest BCUT2D eigenvalue weighted by atomic mass is 19.4. The van der Waals surface area contributed by atoms with Crippen LogP contribution in [-0.2, 0) is 12.6 Å². The molecule has 0 atom stereocenters. The minimum Gasteiger partial charge on any atom is -0.353 e. The lowest BCUT2D eigenvalue weighted by molar-refractivity contribution is -0.137. The van der Waals surface area contributed by atoms with Gasteiger partial charge in [-0.2, -0.15) is 13.2 Å². The third-order valence-electron chi connectivity index (χ3n) is 4.89. The van der Waals surface area contributed by atoms with E-state index >= 15 is 0 Å². The smallest absolute Gasteiger partial charge is 0.353 e. The number of hydrogen-bond donors (Lipinski definition) is 2. The van der Waals surface area contributed by atoms with E-state index in [1.54, 1.807) is 9.80 Å². The van der Waals surface area contributed by atoms with Gasteiger partial charge in [-0.05, 0) is 42.2 Å². The lowest BCUT2D eigenvalue weighted by Gasteiger charge is -2.37. The van der Waals surface area contributed by atoms with Crippen LogP contribution in [0.1, 0.15) is 25.0 Å². The van der Waals surface area contributed by atoms with Gasteiger partial charge in [0.15, 0.2) is 0 Å². The number of benzene rings is 1. The molecule has 1 fully saturated rings. The standard InChI is InChI=1S/C21H26F3N5O/c1-15(2)14-16-5-7-17(8-6-16)26-20(27-30)29-12-10-28(11-13-29)19-18(21(22,23)24)4-3-9-25-19/h3-9,15,30H,10-14H2,1-2H3,(H,26,27). The van der Waals surface area contributed by atoms with E-state index in [0.717, 1.165) is 12.5 Å². The van der Waals surface area contributed by atoms with Gasteiger partial charge in [0.25, 0.3) is 0 Å². The summed E-state index contributed by atoms with van der Waals surface area (Å²) >= 11 is 0. The Hall–Kier alpha value is -2.81. The number of pyridine rings is 1. The first-order valence-electron chi connectivity index (χ1n) is 9.87. The number of hydroxylamine groups is 1. The van der Waals surface area contributed by atoms with Crippen molar-refractivity contribution >= 4 is 17.5 Å². The van der Waals surface area contributed by atoms with Crippen LogP contribution in [-0.4, -0.2) is 47.2 Å². The largest absolute Gasteiger partial charge is 0.419 e. The molecular weight excluding hydrogens is 395 g/mol. The molecule has 1 aromatic carbocycles. The zero-order valence-corrected chi connectivity index (χ0v) is 17.0. The predicted molar refractivity (Wildman–Crippen MR) is 110 cm³/mol. The Labute approximate surface area is 174 Å². The zero-order valence-electron chi connectivity index (χ0n) is 17.0. The molecular formula is C21H26F3N5O. The van der Waals surface area contributed by atoms with Crippen molar-refractivity contribution in [2.24, 2.45) is 10.9 Å². The van der Waals surface area contributed by atoms with E-state index in [1.165, 1.54) is 17.8 Å². The van der Waals surface area contributed by atoms with Crippen LogP contribution in [0.25, 0.3) is 0 Å². The Morgan fingerprint density at radius 3 is 2.37 bits per heavy atom. The molecule has 1 aliphatic rings. The molecule has 162 valence electrons. The Bertz CT molecular complexity index is 860. The van der Waals surface area contributed by atoms with Gasteiger partial charge < -0.3 is 9.80 Å². The third kappa shape index (κ3) is 5.41. The fourth-order valence-corrected chi connectivity index (χ4v) is 3.47. The van der Waals surface area contributed by atoms with Gasteiger partial charge in [0.05, 0.1) is 11.3 Å². The highest BCUT2D eigenvalue weighted by Gasteiger charge is 2.36. The van der Waals surface area contributed by atoms with E-state index in [4.69, 9.17) is 0 Å². The monoisotopic (exact) mass is 421 g/mol. The molecule has 0 saturated carbocycles. The molecule has 1 aliphatic heterocycles. The number of halogens is 3. The maximum atomic E-state index is 13.3. The molecule has 0 amide bonds. The number of nitrogens with one attached hydrogen (secondary N) is 1. The summed E-state index contributed by atoms with van der Waals surface area (Å²) in [5, 5.41) is 9.55. The van der Waals surface area contributed by atoms with Crippen molar-refractivity contribution in [3.8, 4) is 0 Å². The van der Waals surface area contributed by atoms with E-state index in [0.29, 0.717) is 37.8 Å². The average Bonchev–Trinajstić information content (AvgIpc) is 2.72. The number of alkyl halides is 3. The Kier molecular flexibility index (Phi) is 6.81. The number of anilines is 1. The average molecular weight is 421 g/mol. The summed E-state index contributed by atoms with van der Waals surface area (Å²) in [6.07, 6.45) is -2.12. The second-order valence-electron chi connectivity index (χ2n) is 7.66. The molecule has 2 aromatic rings. The van der Waals surface area contributed by atoms with Crippen molar-refractivity contribution in [3.05, 3.63) is 53.7 Å². The van der Waals surface area contributed by atoms with Crippen LogP contribution in [0.2, 0.25) is 0 Å². The number of nitrogens with zero attached hydrogens (tertiary/aromatic N) is 4. The topological polar surface area (TPSA) is 64.0 Å². The van der Waals surface area contributed by atoms with Crippen LogP contribution in [0.3, 0.4) is 0 Å². The van der Waals surface area contributed by atoms with Crippen LogP contribution >= 0.6 is 0 Å². The minimum absolute atomic E-state index is 0.0687. The fourth-order valence-electron chi connectivity index (χ4n) is 3.47. The Balaban J connectivity index is 1.68. The Morgan fingerprint density at radius 1 is 1.13 bits per heavy atom. The third-order valence-corrected chi connectivity index (χ3v) is 4.89. The summed E-state index contributed by atoms with van der Waals surface area (Å²) in [7, 11) is 0. The van der Waals surface area contributed by atoms with Crippen LogP contribution in [0, 0.1) is 5.92 Å². The van der Waals surface area contributed by atoms with E-state index in [-0.39, 0.29) is 11.8 Å². The summed E-state index contributed by atoms with van der Waals surface area (Å²) in [4.78, 5) is 11.8.